The van der Waals surface area contributed by atoms with Crippen LogP contribution in [-0.4, -0.2) is 11.8 Å². The number of aryl methyl sites for hydroxylation is 1. The summed E-state index contributed by atoms with van der Waals surface area (Å²) in [6.07, 6.45) is 1.82. The first-order valence-electron chi connectivity index (χ1n) is 6.12. The molecule has 1 aliphatic rings. The van der Waals surface area contributed by atoms with Crippen molar-refractivity contribution in [2.24, 2.45) is 0 Å². The minimum absolute atomic E-state index is 0.271. The third kappa shape index (κ3) is 1.44. The van der Waals surface area contributed by atoms with Gasteiger partial charge in [0.2, 0.25) is 0 Å². The smallest absolute Gasteiger partial charge is 0.259 e. The number of hydrogen-bond donors (Lipinski definition) is 1. The molecule has 18 heavy (non-hydrogen) atoms. The van der Waals surface area contributed by atoms with Crippen molar-refractivity contribution in [2.45, 2.75) is 19.8 Å². The molecule has 90 valence electrons. The summed E-state index contributed by atoms with van der Waals surface area (Å²) in [5.41, 5.74) is 2.28. The summed E-state index contributed by atoms with van der Waals surface area (Å²) in [7, 11) is 0. The van der Waals surface area contributed by atoms with E-state index < -0.39 is 0 Å². The summed E-state index contributed by atoms with van der Waals surface area (Å²) >= 11 is 0. The maximum absolute atomic E-state index is 12.0. The van der Waals surface area contributed by atoms with E-state index in [0.717, 1.165) is 29.2 Å². The van der Waals surface area contributed by atoms with Crippen molar-refractivity contribution < 1.29 is 9.59 Å². The molecule has 0 fully saturated rings. The molecule has 0 bridgehead atoms. The normalized spacial score (nSPS) is 13.8. The van der Waals surface area contributed by atoms with Crippen LogP contribution in [-0.2, 0) is 6.42 Å². The maximum atomic E-state index is 12.0. The van der Waals surface area contributed by atoms with E-state index in [1.165, 1.54) is 0 Å². The van der Waals surface area contributed by atoms with Crippen LogP contribution in [0.4, 0.5) is 0 Å². The van der Waals surface area contributed by atoms with Crippen LogP contribution in [0.15, 0.2) is 30.3 Å². The Morgan fingerprint density at radius 1 is 1.06 bits per heavy atom. The lowest BCUT2D eigenvalue weighted by molar-refractivity contribution is 0.0844. The molecule has 1 aliphatic heterocycles. The van der Waals surface area contributed by atoms with Gasteiger partial charge in [-0.1, -0.05) is 37.6 Å². The number of imide groups is 1. The first kappa shape index (κ1) is 11.0. The summed E-state index contributed by atoms with van der Waals surface area (Å²) in [6.45, 7) is 2.08. The number of carbonyl (C=O) groups is 2. The summed E-state index contributed by atoms with van der Waals surface area (Å²) in [6, 6.07) is 9.52. The first-order chi connectivity index (χ1) is 8.72. The molecule has 0 radical (unpaired) electrons. The van der Waals surface area contributed by atoms with Gasteiger partial charge in [0.25, 0.3) is 11.8 Å². The average Bonchev–Trinajstić information content (AvgIpc) is 2.36. The Bertz CT molecular complexity index is 673. The zero-order valence-electron chi connectivity index (χ0n) is 10.1. The van der Waals surface area contributed by atoms with Gasteiger partial charge < -0.3 is 0 Å². The van der Waals surface area contributed by atoms with E-state index in [1.807, 2.05) is 24.3 Å². The molecule has 0 atom stereocenters. The largest absolute Gasteiger partial charge is 0.288 e. The van der Waals surface area contributed by atoms with E-state index in [-0.39, 0.29) is 11.8 Å². The van der Waals surface area contributed by atoms with Gasteiger partial charge in [-0.05, 0) is 23.4 Å². The number of benzene rings is 2. The Balaban J connectivity index is 2.43. The van der Waals surface area contributed by atoms with Crippen LogP contribution in [0.1, 0.15) is 39.6 Å². The molecule has 2 aromatic rings. The molecular weight excluding hydrogens is 226 g/mol. The van der Waals surface area contributed by atoms with E-state index >= 15 is 0 Å². The number of rotatable bonds is 2. The molecule has 0 aromatic heterocycles. The summed E-state index contributed by atoms with van der Waals surface area (Å²) in [4.78, 5) is 23.9. The molecule has 3 rings (SSSR count). The second-order valence-corrected chi connectivity index (χ2v) is 4.54. The number of nitrogens with one attached hydrogen (secondary N) is 1. The van der Waals surface area contributed by atoms with Crippen molar-refractivity contribution in [1.29, 1.82) is 0 Å². The summed E-state index contributed by atoms with van der Waals surface area (Å²) < 4.78 is 0. The highest BCUT2D eigenvalue weighted by molar-refractivity contribution is 6.26. The lowest BCUT2D eigenvalue weighted by Crippen LogP contribution is -2.35. The number of amides is 2. The van der Waals surface area contributed by atoms with Crippen molar-refractivity contribution in [3.8, 4) is 0 Å². The zero-order valence-corrected chi connectivity index (χ0v) is 10.1. The molecule has 0 saturated heterocycles. The Kier molecular flexibility index (Phi) is 2.40. The predicted octanol–water partition coefficient (Wildman–Crippen LogP) is 2.68. The van der Waals surface area contributed by atoms with Crippen LogP contribution in [0.5, 0.6) is 0 Å². The topological polar surface area (TPSA) is 46.2 Å². The van der Waals surface area contributed by atoms with E-state index in [1.54, 1.807) is 6.07 Å². The molecule has 3 nitrogen and oxygen atoms in total. The molecule has 0 aliphatic carbocycles. The van der Waals surface area contributed by atoms with Crippen molar-refractivity contribution in [2.75, 3.05) is 0 Å². The Morgan fingerprint density at radius 2 is 1.89 bits per heavy atom. The predicted molar refractivity (Wildman–Crippen MR) is 69.7 cm³/mol. The van der Waals surface area contributed by atoms with Crippen molar-refractivity contribution in [3.05, 3.63) is 47.0 Å². The van der Waals surface area contributed by atoms with E-state index in [2.05, 4.69) is 12.2 Å². The minimum atomic E-state index is -0.299. The van der Waals surface area contributed by atoms with E-state index in [4.69, 9.17) is 0 Å². The monoisotopic (exact) mass is 239 g/mol. The van der Waals surface area contributed by atoms with Crippen LogP contribution in [0.2, 0.25) is 0 Å². The maximum Gasteiger partial charge on any atom is 0.259 e. The van der Waals surface area contributed by atoms with Crippen molar-refractivity contribution in [3.63, 3.8) is 0 Å². The Labute approximate surface area is 105 Å². The second kappa shape index (κ2) is 3.95. The second-order valence-electron chi connectivity index (χ2n) is 4.54. The Hall–Kier alpha value is -2.16. The molecule has 0 unspecified atom stereocenters. The van der Waals surface area contributed by atoms with Crippen LogP contribution in [0, 0.1) is 0 Å². The van der Waals surface area contributed by atoms with Gasteiger partial charge in [-0.25, -0.2) is 0 Å². The number of hydrogen-bond acceptors (Lipinski definition) is 2. The Morgan fingerprint density at radius 3 is 2.67 bits per heavy atom. The fourth-order valence-corrected chi connectivity index (χ4v) is 2.58. The summed E-state index contributed by atoms with van der Waals surface area (Å²) in [5.74, 6) is -0.570. The van der Waals surface area contributed by atoms with Crippen LogP contribution < -0.4 is 5.32 Å². The van der Waals surface area contributed by atoms with Gasteiger partial charge in [0, 0.05) is 10.9 Å². The lowest BCUT2D eigenvalue weighted by atomic mass is 9.90. The van der Waals surface area contributed by atoms with Gasteiger partial charge in [0.15, 0.2) is 0 Å². The zero-order chi connectivity index (χ0) is 12.7. The molecule has 1 heterocycles. The minimum Gasteiger partial charge on any atom is -0.288 e. The van der Waals surface area contributed by atoms with Gasteiger partial charge in [0.05, 0.1) is 5.56 Å². The third-order valence-electron chi connectivity index (χ3n) is 3.35. The van der Waals surface area contributed by atoms with Crippen LogP contribution in [0.25, 0.3) is 10.8 Å². The summed E-state index contributed by atoms with van der Waals surface area (Å²) in [5, 5.41) is 4.17. The molecule has 0 saturated carbocycles. The number of carbonyl (C=O) groups excluding carboxylic acids is 2. The van der Waals surface area contributed by atoms with Gasteiger partial charge in [0.1, 0.15) is 0 Å². The lowest BCUT2D eigenvalue weighted by Gasteiger charge is -2.19. The molecule has 2 aromatic carbocycles. The molecule has 1 N–H and O–H groups in total. The van der Waals surface area contributed by atoms with E-state index in [9.17, 15) is 9.59 Å². The highest BCUT2D eigenvalue weighted by atomic mass is 16.2. The standard InChI is InChI=1S/C15H13NO2/c1-2-4-9-7-8-10-5-3-6-11-12(10)13(9)15(18)16-14(11)17/h3,5-8H,2,4H2,1H3,(H,16,17,18). The molecular formula is C15H13NO2. The highest BCUT2D eigenvalue weighted by Crippen LogP contribution is 2.29. The van der Waals surface area contributed by atoms with Gasteiger partial charge in [-0.2, -0.15) is 0 Å². The fourth-order valence-electron chi connectivity index (χ4n) is 2.58. The van der Waals surface area contributed by atoms with Crippen LogP contribution in [0.3, 0.4) is 0 Å². The van der Waals surface area contributed by atoms with Gasteiger partial charge in [-0.3, -0.25) is 14.9 Å². The third-order valence-corrected chi connectivity index (χ3v) is 3.35. The molecule has 2 amide bonds. The fraction of sp³-hybridized carbons (Fsp3) is 0.200. The van der Waals surface area contributed by atoms with E-state index in [0.29, 0.717) is 11.1 Å². The first-order valence-corrected chi connectivity index (χ1v) is 6.12. The molecule has 3 heteroatoms. The SMILES string of the molecule is CCCc1ccc2cccc3c2c1C(=O)NC3=O. The average molecular weight is 239 g/mol. The highest BCUT2D eigenvalue weighted by Gasteiger charge is 2.26. The van der Waals surface area contributed by atoms with Crippen LogP contribution >= 0.6 is 0 Å². The van der Waals surface area contributed by atoms with Gasteiger partial charge in [-0.15, -0.1) is 0 Å². The van der Waals surface area contributed by atoms with Crippen molar-refractivity contribution >= 4 is 22.6 Å². The quantitative estimate of drug-likeness (QED) is 0.819. The molecule has 0 spiro atoms. The van der Waals surface area contributed by atoms with Crippen molar-refractivity contribution in [1.82, 2.24) is 5.32 Å². The van der Waals surface area contributed by atoms with Gasteiger partial charge >= 0.3 is 0 Å².